The van der Waals surface area contributed by atoms with Gasteiger partial charge in [-0.05, 0) is 18.2 Å². The second-order valence-corrected chi connectivity index (χ2v) is 5.57. The summed E-state index contributed by atoms with van der Waals surface area (Å²) in [5, 5.41) is 0. The fourth-order valence-electron chi connectivity index (χ4n) is 0.848. The second-order valence-electron chi connectivity index (χ2n) is 2.61. The Morgan fingerprint density at radius 1 is 1.43 bits per heavy atom. The molecule has 4 nitrogen and oxygen atoms in total. The molecule has 0 aliphatic carbocycles. The van der Waals surface area contributed by atoms with Gasteiger partial charge in [0.1, 0.15) is 10.7 Å². The summed E-state index contributed by atoms with van der Waals surface area (Å²) < 4.78 is 54.1. The van der Waals surface area contributed by atoms with Crippen molar-refractivity contribution in [1.29, 1.82) is 0 Å². The summed E-state index contributed by atoms with van der Waals surface area (Å²) in [4.78, 5) is -0.718. The summed E-state index contributed by atoms with van der Waals surface area (Å²) in [5.74, 6) is -0.904. The average Bonchev–Trinajstić information content (AvgIpc) is 2.02. The van der Waals surface area contributed by atoms with E-state index in [0.717, 1.165) is 24.5 Å². The molecule has 78 valence electrons. The molecule has 0 heterocycles. The molecule has 0 amide bonds. The van der Waals surface area contributed by atoms with Crippen molar-refractivity contribution in [3.63, 3.8) is 0 Å². The van der Waals surface area contributed by atoms with E-state index < -0.39 is 31.6 Å². The number of sulfone groups is 1. The van der Waals surface area contributed by atoms with Crippen LogP contribution in [0.2, 0.25) is 0 Å². The number of rotatable bonds is 2. The smallest absolute Gasteiger partial charge is 0.189 e. The van der Waals surface area contributed by atoms with Gasteiger partial charge in [0.2, 0.25) is 0 Å². The molecular weight excluding hydrogens is 231 g/mol. The van der Waals surface area contributed by atoms with Gasteiger partial charge in [-0.15, -0.1) is 0 Å². The molecule has 1 aromatic rings. The highest BCUT2D eigenvalue weighted by Gasteiger charge is 2.13. The number of benzene rings is 1. The van der Waals surface area contributed by atoms with Gasteiger partial charge in [-0.2, -0.15) is 0 Å². The maximum absolute atomic E-state index is 12.9. The van der Waals surface area contributed by atoms with Crippen LogP contribution < -0.4 is 0 Å². The molecule has 1 unspecified atom stereocenters. The number of hydrogen-bond donors (Lipinski definition) is 1. The van der Waals surface area contributed by atoms with Crippen molar-refractivity contribution in [3.8, 4) is 0 Å². The third kappa shape index (κ3) is 2.37. The maximum atomic E-state index is 12.9. The lowest BCUT2D eigenvalue weighted by Crippen LogP contribution is -2.01. The van der Waals surface area contributed by atoms with Crippen LogP contribution in [0.5, 0.6) is 0 Å². The Balaban J connectivity index is 3.42. The van der Waals surface area contributed by atoms with E-state index in [4.69, 9.17) is 4.55 Å². The molecular formula is C7H7FO4S2. The van der Waals surface area contributed by atoms with Crippen LogP contribution in [-0.4, -0.2) is 23.4 Å². The Hall–Kier alpha value is -0.790. The average molecular weight is 238 g/mol. The molecule has 0 radical (unpaired) electrons. The van der Waals surface area contributed by atoms with Crippen molar-refractivity contribution in [2.75, 3.05) is 6.26 Å². The van der Waals surface area contributed by atoms with E-state index >= 15 is 0 Å². The Morgan fingerprint density at radius 2 is 2.00 bits per heavy atom. The van der Waals surface area contributed by atoms with Crippen LogP contribution in [0.15, 0.2) is 28.0 Å². The third-order valence-electron chi connectivity index (χ3n) is 1.52. The first-order valence-electron chi connectivity index (χ1n) is 3.43. The summed E-state index contributed by atoms with van der Waals surface area (Å²) >= 11 is -2.53. The normalized spacial score (nSPS) is 13.9. The van der Waals surface area contributed by atoms with E-state index in [2.05, 4.69) is 0 Å². The molecule has 7 heteroatoms. The molecule has 1 aromatic carbocycles. The van der Waals surface area contributed by atoms with Crippen LogP contribution in [-0.2, 0) is 20.9 Å². The number of hydrogen-bond acceptors (Lipinski definition) is 3. The molecule has 1 atom stereocenters. The molecule has 0 fully saturated rings. The zero-order valence-corrected chi connectivity index (χ0v) is 8.73. The Bertz CT molecular complexity index is 480. The second kappa shape index (κ2) is 3.76. The Kier molecular flexibility index (Phi) is 3.03. The van der Waals surface area contributed by atoms with Crippen molar-refractivity contribution in [2.45, 2.75) is 9.79 Å². The third-order valence-corrected chi connectivity index (χ3v) is 3.32. The van der Waals surface area contributed by atoms with E-state index in [1.54, 1.807) is 0 Å². The highest BCUT2D eigenvalue weighted by Crippen LogP contribution is 2.17. The molecule has 0 spiro atoms. The quantitative estimate of drug-likeness (QED) is 0.611. The van der Waals surface area contributed by atoms with Gasteiger partial charge in [-0.25, -0.2) is 17.0 Å². The van der Waals surface area contributed by atoms with Crippen LogP contribution in [0.25, 0.3) is 0 Å². The summed E-state index contributed by atoms with van der Waals surface area (Å²) in [5.41, 5.74) is 0. The maximum Gasteiger partial charge on any atom is 0.189 e. The lowest BCUT2D eigenvalue weighted by atomic mass is 10.3. The molecule has 14 heavy (non-hydrogen) atoms. The fraction of sp³-hybridized carbons (Fsp3) is 0.143. The Morgan fingerprint density at radius 3 is 2.43 bits per heavy atom. The van der Waals surface area contributed by atoms with Gasteiger partial charge in [-0.3, -0.25) is 0 Å². The van der Waals surface area contributed by atoms with Gasteiger partial charge >= 0.3 is 0 Å². The monoisotopic (exact) mass is 238 g/mol. The van der Waals surface area contributed by atoms with Crippen molar-refractivity contribution in [3.05, 3.63) is 24.0 Å². The molecule has 0 saturated carbocycles. The van der Waals surface area contributed by atoms with Crippen LogP contribution in [0.3, 0.4) is 0 Å². The van der Waals surface area contributed by atoms with Crippen LogP contribution in [0, 0.1) is 5.82 Å². The highest BCUT2D eigenvalue weighted by molar-refractivity contribution is 7.90. The topological polar surface area (TPSA) is 71.4 Å². The van der Waals surface area contributed by atoms with Gasteiger partial charge in [0.25, 0.3) is 0 Å². The zero-order valence-electron chi connectivity index (χ0n) is 7.10. The van der Waals surface area contributed by atoms with Crippen LogP contribution in [0.1, 0.15) is 0 Å². The van der Waals surface area contributed by atoms with Gasteiger partial charge in [0.15, 0.2) is 20.9 Å². The van der Waals surface area contributed by atoms with Crippen LogP contribution in [0.4, 0.5) is 4.39 Å². The molecule has 0 saturated heterocycles. The lowest BCUT2D eigenvalue weighted by molar-refractivity contribution is 0.543. The first-order chi connectivity index (χ1) is 6.32. The Labute approximate surface area is 83.0 Å². The first-order valence-corrected chi connectivity index (χ1v) is 6.42. The minimum atomic E-state index is -3.49. The predicted octanol–water partition coefficient (Wildman–Crippen LogP) is 0.810. The summed E-state index contributed by atoms with van der Waals surface area (Å²) in [6.07, 6.45) is 0.935. The molecule has 0 aliphatic heterocycles. The summed E-state index contributed by atoms with van der Waals surface area (Å²) in [6.45, 7) is 0. The van der Waals surface area contributed by atoms with Crippen molar-refractivity contribution >= 4 is 20.9 Å². The fourth-order valence-corrected chi connectivity index (χ4v) is 2.03. The van der Waals surface area contributed by atoms with Crippen molar-refractivity contribution in [1.82, 2.24) is 0 Å². The van der Waals surface area contributed by atoms with E-state index in [-0.39, 0.29) is 4.90 Å². The van der Waals surface area contributed by atoms with E-state index in [0.29, 0.717) is 0 Å². The SMILES string of the molecule is CS(=O)(=O)c1ccc(F)c(S(=O)O)c1. The molecule has 0 aliphatic rings. The van der Waals surface area contributed by atoms with Crippen LogP contribution >= 0.6 is 0 Å². The predicted molar refractivity (Wildman–Crippen MR) is 48.5 cm³/mol. The zero-order chi connectivity index (χ0) is 10.9. The van der Waals surface area contributed by atoms with Gasteiger partial charge in [0.05, 0.1) is 4.90 Å². The first kappa shape index (κ1) is 11.3. The molecule has 0 aromatic heterocycles. The van der Waals surface area contributed by atoms with E-state index in [9.17, 15) is 17.0 Å². The standard InChI is InChI=1S/C7H7FO4S2/c1-14(11,12)5-2-3-6(8)7(4-5)13(9)10/h2-4H,1H3,(H,9,10). The van der Waals surface area contributed by atoms with Gasteiger partial charge < -0.3 is 4.55 Å². The van der Waals surface area contributed by atoms with Crippen molar-refractivity contribution in [2.24, 2.45) is 0 Å². The van der Waals surface area contributed by atoms with E-state index in [1.807, 2.05) is 0 Å². The molecule has 1 rings (SSSR count). The minimum Gasteiger partial charge on any atom is -0.302 e. The molecule has 1 N–H and O–H groups in total. The lowest BCUT2D eigenvalue weighted by Gasteiger charge is -2.01. The largest absolute Gasteiger partial charge is 0.302 e. The minimum absolute atomic E-state index is 0.184. The van der Waals surface area contributed by atoms with E-state index in [1.165, 1.54) is 0 Å². The summed E-state index contributed by atoms with van der Waals surface area (Å²) in [7, 11) is -3.49. The van der Waals surface area contributed by atoms with Crippen molar-refractivity contribution < 1.29 is 21.6 Å². The highest BCUT2D eigenvalue weighted by atomic mass is 32.2. The van der Waals surface area contributed by atoms with Gasteiger partial charge in [0, 0.05) is 6.26 Å². The van der Waals surface area contributed by atoms with Gasteiger partial charge in [-0.1, -0.05) is 0 Å². The summed E-state index contributed by atoms with van der Waals surface area (Å²) in [6, 6.07) is 2.74. The molecule has 0 bridgehead atoms. The number of halogens is 1.